The zero-order valence-corrected chi connectivity index (χ0v) is 39.8. The molecule has 0 heterocycles. The van der Waals surface area contributed by atoms with E-state index in [1.807, 2.05) is 26.0 Å². The standard InChI is InChI=1S/C20H35NO.C16H27NO.C15H25NO/c1-8-22-20-11-9-19(10-12-20)21(17(6)13-15(2)3)18(7)14-16(4)5;1-6-18-16-9-7-15(8-10-16)17(11-13(2)3)12-14(4)5;1-12(2)10-16(11-13(3)4)14-6-8-15(17-5)9-7-14/h9-12,15-18H,8,13-14H2,1-7H3;7-10,13-14H,6,11-12H2,1-5H3;6-9,12-13H,10-11H2,1-5H3. The highest BCUT2D eigenvalue weighted by atomic mass is 16.5. The molecular weight excluding hydrogens is 703 g/mol. The topological polar surface area (TPSA) is 37.4 Å². The van der Waals surface area contributed by atoms with Gasteiger partial charge in [0.25, 0.3) is 0 Å². The molecule has 0 saturated heterocycles. The predicted molar refractivity (Wildman–Crippen MR) is 252 cm³/mol. The van der Waals surface area contributed by atoms with Gasteiger partial charge in [0.1, 0.15) is 17.2 Å². The molecule has 3 aromatic rings. The lowest BCUT2D eigenvalue weighted by Crippen LogP contribution is -2.41. The van der Waals surface area contributed by atoms with E-state index in [4.69, 9.17) is 14.2 Å². The molecule has 0 radical (unpaired) electrons. The van der Waals surface area contributed by atoms with Crippen LogP contribution in [0.2, 0.25) is 0 Å². The van der Waals surface area contributed by atoms with Crippen LogP contribution >= 0.6 is 0 Å². The van der Waals surface area contributed by atoms with Crippen molar-refractivity contribution in [3.05, 3.63) is 72.8 Å². The van der Waals surface area contributed by atoms with Crippen molar-refractivity contribution in [2.75, 3.05) is 61.2 Å². The molecule has 6 heteroatoms. The van der Waals surface area contributed by atoms with Crippen molar-refractivity contribution in [1.82, 2.24) is 0 Å². The molecule has 3 rings (SSSR count). The van der Waals surface area contributed by atoms with E-state index in [9.17, 15) is 0 Å². The summed E-state index contributed by atoms with van der Waals surface area (Å²) in [6, 6.07) is 26.5. The highest BCUT2D eigenvalue weighted by molar-refractivity contribution is 5.51. The fraction of sp³-hybridized carbons (Fsp3) is 0.647. The van der Waals surface area contributed by atoms with Crippen LogP contribution < -0.4 is 28.9 Å². The Morgan fingerprint density at radius 1 is 0.386 bits per heavy atom. The molecule has 0 aliphatic heterocycles. The van der Waals surface area contributed by atoms with Crippen LogP contribution in [0.5, 0.6) is 17.2 Å². The van der Waals surface area contributed by atoms with Crippen molar-refractivity contribution in [2.24, 2.45) is 35.5 Å². The van der Waals surface area contributed by atoms with Gasteiger partial charge < -0.3 is 28.9 Å². The van der Waals surface area contributed by atoms with Crippen LogP contribution in [0.3, 0.4) is 0 Å². The number of nitrogens with zero attached hydrogens (tertiary/aromatic N) is 3. The average molecular weight is 790 g/mol. The number of methoxy groups -OCH3 is 1. The third-order valence-electron chi connectivity index (χ3n) is 9.31. The highest BCUT2D eigenvalue weighted by Crippen LogP contribution is 2.28. The number of anilines is 3. The quantitative estimate of drug-likeness (QED) is 0.101. The van der Waals surface area contributed by atoms with Gasteiger partial charge in [-0.3, -0.25) is 0 Å². The lowest BCUT2D eigenvalue weighted by atomic mass is 9.97. The van der Waals surface area contributed by atoms with E-state index in [2.05, 4.69) is 172 Å². The van der Waals surface area contributed by atoms with Crippen molar-refractivity contribution in [1.29, 1.82) is 0 Å². The second-order valence-corrected chi connectivity index (χ2v) is 18.3. The predicted octanol–water partition coefficient (Wildman–Crippen LogP) is 13.8. The molecule has 0 saturated carbocycles. The van der Waals surface area contributed by atoms with Gasteiger partial charge in [0.2, 0.25) is 0 Å². The maximum absolute atomic E-state index is 5.57. The molecule has 0 aliphatic carbocycles. The lowest BCUT2D eigenvalue weighted by Gasteiger charge is -2.38. The smallest absolute Gasteiger partial charge is 0.119 e. The minimum atomic E-state index is 0.548. The Labute approximate surface area is 352 Å². The summed E-state index contributed by atoms with van der Waals surface area (Å²) in [4.78, 5) is 7.51. The molecule has 0 fully saturated rings. The molecule has 3 aromatic carbocycles. The van der Waals surface area contributed by atoms with Gasteiger partial charge in [0.15, 0.2) is 0 Å². The van der Waals surface area contributed by atoms with Crippen LogP contribution in [-0.2, 0) is 0 Å². The number of rotatable bonds is 22. The van der Waals surface area contributed by atoms with E-state index in [1.165, 1.54) is 29.9 Å². The SMILES string of the molecule is CCOc1ccc(N(C(C)CC(C)C)C(C)CC(C)C)cc1.CCOc1ccc(N(CC(C)C)CC(C)C)cc1.COc1ccc(N(CC(C)C)CC(C)C)cc1. The van der Waals surface area contributed by atoms with Crippen LogP contribution in [-0.4, -0.2) is 58.6 Å². The molecule has 6 nitrogen and oxygen atoms in total. The minimum absolute atomic E-state index is 0.548. The van der Waals surface area contributed by atoms with Gasteiger partial charge in [-0.05, 0) is 149 Å². The van der Waals surface area contributed by atoms with Crippen LogP contribution in [0.4, 0.5) is 17.1 Å². The normalized spacial score (nSPS) is 12.3. The van der Waals surface area contributed by atoms with Crippen LogP contribution in [0.15, 0.2) is 72.8 Å². The number of hydrogen-bond donors (Lipinski definition) is 0. The molecule has 0 aliphatic rings. The molecule has 57 heavy (non-hydrogen) atoms. The Bertz CT molecular complexity index is 1370. The summed E-state index contributed by atoms with van der Waals surface area (Å²) < 4.78 is 16.2. The fourth-order valence-electron chi connectivity index (χ4n) is 7.46. The van der Waals surface area contributed by atoms with E-state index in [1.54, 1.807) is 7.11 Å². The minimum Gasteiger partial charge on any atom is -0.497 e. The molecule has 0 N–H and O–H groups in total. The lowest BCUT2D eigenvalue weighted by molar-refractivity contribution is 0.340. The zero-order chi connectivity index (χ0) is 43.1. The first-order valence-electron chi connectivity index (χ1n) is 22.3. The van der Waals surface area contributed by atoms with Crippen LogP contribution in [0, 0.1) is 35.5 Å². The van der Waals surface area contributed by atoms with Gasteiger partial charge >= 0.3 is 0 Å². The Hall–Kier alpha value is -3.54. The van der Waals surface area contributed by atoms with Crippen LogP contribution in [0.25, 0.3) is 0 Å². The first-order valence-corrected chi connectivity index (χ1v) is 22.3. The van der Waals surface area contributed by atoms with E-state index < -0.39 is 0 Å². The van der Waals surface area contributed by atoms with Gasteiger partial charge in [0.05, 0.1) is 20.3 Å². The Kier molecular flexibility index (Phi) is 25.3. The van der Waals surface area contributed by atoms with E-state index in [0.717, 1.165) is 56.6 Å². The zero-order valence-electron chi connectivity index (χ0n) is 39.8. The summed E-state index contributed by atoms with van der Waals surface area (Å²) in [6.07, 6.45) is 2.44. The van der Waals surface area contributed by atoms with Crippen molar-refractivity contribution in [3.8, 4) is 17.2 Å². The van der Waals surface area contributed by atoms with Gasteiger partial charge in [-0.2, -0.15) is 0 Å². The summed E-state index contributed by atoms with van der Waals surface area (Å²) >= 11 is 0. The Morgan fingerprint density at radius 2 is 0.667 bits per heavy atom. The Balaban J connectivity index is 0.000000432. The van der Waals surface area contributed by atoms with E-state index >= 15 is 0 Å². The summed E-state index contributed by atoms with van der Waals surface area (Å²) in [5.41, 5.74) is 3.89. The maximum Gasteiger partial charge on any atom is 0.119 e. The molecule has 0 spiro atoms. The molecule has 0 bridgehead atoms. The van der Waals surface area contributed by atoms with E-state index in [-0.39, 0.29) is 0 Å². The number of ether oxygens (including phenoxy) is 3. The Morgan fingerprint density at radius 3 is 0.912 bits per heavy atom. The molecule has 0 amide bonds. The first-order chi connectivity index (χ1) is 26.9. The van der Waals surface area contributed by atoms with Crippen LogP contribution in [0.1, 0.15) is 124 Å². The van der Waals surface area contributed by atoms with E-state index in [0.29, 0.717) is 47.6 Å². The monoisotopic (exact) mass is 790 g/mol. The summed E-state index contributed by atoms with van der Waals surface area (Å²) in [5.74, 6) is 6.97. The summed E-state index contributed by atoms with van der Waals surface area (Å²) in [5, 5.41) is 0. The highest BCUT2D eigenvalue weighted by Gasteiger charge is 2.22. The van der Waals surface area contributed by atoms with Gasteiger partial charge in [-0.1, -0.05) is 83.1 Å². The van der Waals surface area contributed by atoms with Crippen molar-refractivity contribution in [2.45, 2.75) is 136 Å². The molecule has 0 aromatic heterocycles. The molecule has 2 atom stereocenters. The number of hydrogen-bond acceptors (Lipinski definition) is 6. The second-order valence-electron chi connectivity index (χ2n) is 18.3. The van der Waals surface area contributed by atoms with Crippen molar-refractivity contribution >= 4 is 17.1 Å². The second kappa shape index (κ2) is 28.0. The largest absolute Gasteiger partial charge is 0.497 e. The maximum atomic E-state index is 5.57. The fourth-order valence-corrected chi connectivity index (χ4v) is 7.46. The summed E-state index contributed by atoms with van der Waals surface area (Å²) in [6.45, 7) is 41.9. The third-order valence-corrected chi connectivity index (χ3v) is 9.31. The van der Waals surface area contributed by atoms with Gasteiger partial charge in [-0.15, -0.1) is 0 Å². The van der Waals surface area contributed by atoms with Crippen molar-refractivity contribution < 1.29 is 14.2 Å². The molecule has 2 unspecified atom stereocenters. The van der Waals surface area contributed by atoms with Gasteiger partial charge in [-0.25, -0.2) is 0 Å². The third kappa shape index (κ3) is 21.7. The molecule has 324 valence electrons. The number of benzene rings is 3. The van der Waals surface area contributed by atoms with Crippen molar-refractivity contribution in [3.63, 3.8) is 0 Å². The molecular formula is C51H87N3O3. The average Bonchev–Trinajstić information content (AvgIpc) is 3.12. The summed E-state index contributed by atoms with van der Waals surface area (Å²) in [7, 11) is 1.70. The van der Waals surface area contributed by atoms with Gasteiger partial charge in [0, 0.05) is 55.3 Å². The first kappa shape index (κ1) is 51.5.